The lowest BCUT2D eigenvalue weighted by molar-refractivity contribution is 0.0245. The minimum absolute atomic E-state index is 0.0262. The molecule has 1 nitrogen and oxygen atoms in total. The topological polar surface area (TPSA) is 20.2 Å². The van der Waals surface area contributed by atoms with Crippen LogP contribution in [0.4, 0.5) is 0 Å². The molecular weight excluding hydrogens is 112 g/mol. The largest absolute Gasteiger partial charge is 0.393 e. The summed E-state index contributed by atoms with van der Waals surface area (Å²) in [5.74, 6) is 0.530. The highest BCUT2D eigenvalue weighted by Gasteiger charge is 2.27. The third-order valence-corrected chi connectivity index (χ3v) is 1.99. The van der Waals surface area contributed by atoms with E-state index in [0.717, 1.165) is 12.8 Å². The monoisotopic (exact) mass is 126 g/mol. The van der Waals surface area contributed by atoms with Gasteiger partial charge in [0.25, 0.3) is 0 Å². The van der Waals surface area contributed by atoms with E-state index in [0.29, 0.717) is 5.92 Å². The molecule has 0 spiro atoms. The maximum atomic E-state index is 9.12. The molecule has 1 aliphatic carbocycles. The van der Waals surface area contributed by atoms with Crippen LogP contribution in [-0.2, 0) is 0 Å². The SMILES string of the molecule is C=C(C)CC1CCC1O. The molecule has 0 aliphatic heterocycles. The molecule has 9 heavy (non-hydrogen) atoms. The van der Waals surface area contributed by atoms with Gasteiger partial charge in [0.2, 0.25) is 0 Å². The van der Waals surface area contributed by atoms with E-state index in [9.17, 15) is 0 Å². The Morgan fingerprint density at radius 1 is 1.67 bits per heavy atom. The molecule has 1 heteroatoms. The van der Waals surface area contributed by atoms with Crippen LogP contribution in [0.2, 0.25) is 0 Å². The Balaban J connectivity index is 2.21. The summed E-state index contributed by atoms with van der Waals surface area (Å²) >= 11 is 0. The van der Waals surface area contributed by atoms with Gasteiger partial charge in [0, 0.05) is 0 Å². The predicted octanol–water partition coefficient (Wildman–Crippen LogP) is 1.72. The van der Waals surface area contributed by atoms with E-state index >= 15 is 0 Å². The van der Waals surface area contributed by atoms with Crippen LogP contribution in [0.25, 0.3) is 0 Å². The molecule has 1 N–H and O–H groups in total. The number of hydrogen-bond acceptors (Lipinski definition) is 1. The van der Waals surface area contributed by atoms with Gasteiger partial charge in [0.15, 0.2) is 0 Å². The maximum absolute atomic E-state index is 9.12. The summed E-state index contributed by atoms with van der Waals surface area (Å²) in [5, 5.41) is 9.12. The molecular formula is C8H14O. The van der Waals surface area contributed by atoms with Gasteiger partial charge in [-0.3, -0.25) is 0 Å². The highest BCUT2D eigenvalue weighted by molar-refractivity contribution is 4.95. The van der Waals surface area contributed by atoms with Gasteiger partial charge >= 0.3 is 0 Å². The van der Waals surface area contributed by atoms with Crippen LogP contribution in [0.5, 0.6) is 0 Å². The fourth-order valence-corrected chi connectivity index (χ4v) is 1.24. The van der Waals surface area contributed by atoms with Crippen molar-refractivity contribution in [2.45, 2.75) is 32.3 Å². The molecule has 0 aromatic rings. The summed E-state index contributed by atoms with van der Waals surface area (Å²) in [6, 6.07) is 0. The second-order valence-electron chi connectivity index (χ2n) is 3.07. The van der Waals surface area contributed by atoms with Crippen molar-refractivity contribution in [2.75, 3.05) is 0 Å². The van der Waals surface area contributed by atoms with Crippen molar-refractivity contribution in [1.82, 2.24) is 0 Å². The quantitative estimate of drug-likeness (QED) is 0.558. The summed E-state index contributed by atoms with van der Waals surface area (Å²) in [4.78, 5) is 0. The van der Waals surface area contributed by atoms with Gasteiger partial charge in [-0.15, -0.1) is 6.58 Å². The second-order valence-corrected chi connectivity index (χ2v) is 3.07. The number of aliphatic hydroxyl groups is 1. The lowest BCUT2D eigenvalue weighted by atomic mass is 9.78. The minimum Gasteiger partial charge on any atom is -0.393 e. The Labute approximate surface area is 56.4 Å². The van der Waals surface area contributed by atoms with Crippen molar-refractivity contribution >= 4 is 0 Å². The fraction of sp³-hybridized carbons (Fsp3) is 0.750. The number of allylic oxidation sites excluding steroid dienone is 1. The van der Waals surface area contributed by atoms with E-state index in [2.05, 4.69) is 6.58 Å². The first-order chi connectivity index (χ1) is 4.20. The van der Waals surface area contributed by atoms with Crippen LogP contribution in [0.1, 0.15) is 26.2 Å². The smallest absolute Gasteiger partial charge is 0.0571 e. The van der Waals surface area contributed by atoms with Gasteiger partial charge in [-0.25, -0.2) is 0 Å². The summed E-state index contributed by atoms with van der Waals surface area (Å²) in [7, 11) is 0. The fourth-order valence-electron chi connectivity index (χ4n) is 1.24. The molecule has 0 saturated heterocycles. The highest BCUT2D eigenvalue weighted by atomic mass is 16.3. The van der Waals surface area contributed by atoms with E-state index < -0.39 is 0 Å². The van der Waals surface area contributed by atoms with Crippen molar-refractivity contribution in [3.8, 4) is 0 Å². The number of aliphatic hydroxyl groups excluding tert-OH is 1. The molecule has 52 valence electrons. The van der Waals surface area contributed by atoms with Crippen molar-refractivity contribution in [3.05, 3.63) is 12.2 Å². The first kappa shape index (κ1) is 6.81. The molecule has 0 radical (unpaired) electrons. The third-order valence-electron chi connectivity index (χ3n) is 1.99. The molecule has 1 fully saturated rings. The molecule has 0 heterocycles. The van der Waals surface area contributed by atoms with Gasteiger partial charge in [-0.1, -0.05) is 5.57 Å². The van der Waals surface area contributed by atoms with Crippen LogP contribution in [0.3, 0.4) is 0 Å². The van der Waals surface area contributed by atoms with Crippen LogP contribution >= 0.6 is 0 Å². The van der Waals surface area contributed by atoms with Crippen LogP contribution in [0.15, 0.2) is 12.2 Å². The van der Waals surface area contributed by atoms with E-state index in [4.69, 9.17) is 5.11 Å². The van der Waals surface area contributed by atoms with Crippen LogP contribution < -0.4 is 0 Å². The standard InChI is InChI=1S/C8H14O/c1-6(2)5-7-3-4-8(7)9/h7-9H,1,3-5H2,2H3. The Morgan fingerprint density at radius 3 is 2.44 bits per heavy atom. The molecule has 2 unspecified atom stereocenters. The molecule has 1 rings (SSSR count). The van der Waals surface area contributed by atoms with Gasteiger partial charge in [-0.05, 0) is 32.1 Å². The molecule has 1 aliphatic rings. The zero-order chi connectivity index (χ0) is 6.85. The molecule has 0 aromatic heterocycles. The Hall–Kier alpha value is -0.300. The van der Waals surface area contributed by atoms with Gasteiger partial charge in [0.1, 0.15) is 0 Å². The molecule has 0 amide bonds. The molecule has 2 atom stereocenters. The van der Waals surface area contributed by atoms with Crippen molar-refractivity contribution < 1.29 is 5.11 Å². The molecule has 0 bridgehead atoms. The lowest BCUT2D eigenvalue weighted by Gasteiger charge is -2.32. The maximum Gasteiger partial charge on any atom is 0.0571 e. The van der Waals surface area contributed by atoms with E-state index in [-0.39, 0.29) is 6.10 Å². The molecule has 0 aromatic carbocycles. The summed E-state index contributed by atoms with van der Waals surface area (Å²) < 4.78 is 0. The Morgan fingerprint density at radius 2 is 2.33 bits per heavy atom. The Bertz CT molecular complexity index is 118. The zero-order valence-corrected chi connectivity index (χ0v) is 5.93. The van der Waals surface area contributed by atoms with Gasteiger partial charge < -0.3 is 5.11 Å². The van der Waals surface area contributed by atoms with Crippen LogP contribution in [-0.4, -0.2) is 11.2 Å². The highest BCUT2D eigenvalue weighted by Crippen LogP contribution is 2.31. The first-order valence-electron chi connectivity index (χ1n) is 3.52. The summed E-state index contributed by atoms with van der Waals surface area (Å²) in [5.41, 5.74) is 1.19. The predicted molar refractivity (Wildman–Crippen MR) is 38.2 cm³/mol. The van der Waals surface area contributed by atoms with Gasteiger partial charge in [-0.2, -0.15) is 0 Å². The van der Waals surface area contributed by atoms with E-state index in [1.54, 1.807) is 0 Å². The van der Waals surface area contributed by atoms with Crippen molar-refractivity contribution in [3.63, 3.8) is 0 Å². The zero-order valence-electron chi connectivity index (χ0n) is 5.93. The summed E-state index contributed by atoms with van der Waals surface area (Å²) in [6.07, 6.45) is 3.18. The number of rotatable bonds is 2. The average Bonchev–Trinajstić information content (AvgIpc) is 1.79. The van der Waals surface area contributed by atoms with Crippen molar-refractivity contribution in [2.24, 2.45) is 5.92 Å². The molecule has 1 saturated carbocycles. The second kappa shape index (κ2) is 2.53. The summed E-state index contributed by atoms with van der Waals surface area (Å²) in [6.45, 7) is 5.82. The Kier molecular flexibility index (Phi) is 1.91. The third kappa shape index (κ3) is 1.55. The first-order valence-corrected chi connectivity index (χ1v) is 3.52. The van der Waals surface area contributed by atoms with Crippen molar-refractivity contribution in [1.29, 1.82) is 0 Å². The van der Waals surface area contributed by atoms with E-state index in [1.807, 2.05) is 6.92 Å². The number of hydrogen-bond donors (Lipinski definition) is 1. The van der Waals surface area contributed by atoms with Gasteiger partial charge in [0.05, 0.1) is 6.10 Å². The average molecular weight is 126 g/mol. The van der Waals surface area contributed by atoms with E-state index in [1.165, 1.54) is 12.0 Å². The minimum atomic E-state index is -0.0262. The normalized spacial score (nSPS) is 33.6. The van der Waals surface area contributed by atoms with Crippen LogP contribution in [0, 0.1) is 5.92 Å². The lowest BCUT2D eigenvalue weighted by Crippen LogP contribution is -2.30.